The third-order valence-electron chi connectivity index (χ3n) is 1.93. The lowest BCUT2D eigenvalue weighted by molar-refractivity contribution is -0.137. The van der Waals surface area contributed by atoms with Gasteiger partial charge in [-0.05, 0) is 34.3 Å². The predicted molar refractivity (Wildman–Crippen MR) is 56.6 cm³/mol. The normalized spacial score (nSPS) is 11.8. The highest BCUT2D eigenvalue weighted by Gasteiger charge is 2.31. The van der Waals surface area contributed by atoms with E-state index in [0.717, 1.165) is 23.9 Å². The molecule has 0 unspecified atom stereocenters. The molecule has 10 heteroatoms. The van der Waals surface area contributed by atoms with E-state index in [1.165, 1.54) is 4.68 Å². The quantitative estimate of drug-likeness (QED) is 0.891. The molecule has 0 bridgehead atoms. The summed E-state index contributed by atoms with van der Waals surface area (Å²) in [5, 5.41) is 11.0. The molecule has 0 aromatic carbocycles. The maximum Gasteiger partial charge on any atom is 0.416 e. The molecule has 96 valence electrons. The van der Waals surface area contributed by atoms with E-state index in [-0.39, 0.29) is 10.8 Å². The van der Waals surface area contributed by atoms with Gasteiger partial charge in [-0.25, -0.2) is 9.67 Å². The van der Waals surface area contributed by atoms with Gasteiger partial charge in [-0.2, -0.15) is 13.2 Å². The number of nitrogen functional groups attached to an aromatic ring is 1. The lowest BCUT2D eigenvalue weighted by Crippen LogP contribution is -2.07. The van der Waals surface area contributed by atoms with Crippen LogP contribution in [0.4, 0.5) is 19.0 Å². The minimum atomic E-state index is -4.47. The molecule has 2 aromatic rings. The summed E-state index contributed by atoms with van der Waals surface area (Å²) in [4.78, 5) is 3.80. The van der Waals surface area contributed by atoms with Crippen LogP contribution in [0.2, 0.25) is 0 Å². The summed E-state index contributed by atoms with van der Waals surface area (Å²) >= 11 is 0.901. The number of anilines is 1. The molecule has 0 radical (unpaired) electrons. The van der Waals surface area contributed by atoms with Gasteiger partial charge in [0.25, 0.3) is 0 Å². The number of pyridine rings is 1. The van der Waals surface area contributed by atoms with Crippen LogP contribution in [0.25, 0.3) is 0 Å². The second-order valence-electron chi connectivity index (χ2n) is 3.30. The molecule has 0 aliphatic carbocycles. The van der Waals surface area contributed by atoms with Crippen LogP contribution in [0, 0.1) is 0 Å². The van der Waals surface area contributed by atoms with Gasteiger partial charge in [0.15, 0.2) is 0 Å². The fourth-order valence-corrected chi connectivity index (χ4v) is 1.91. The van der Waals surface area contributed by atoms with E-state index in [4.69, 9.17) is 5.73 Å². The molecule has 6 nitrogen and oxygen atoms in total. The van der Waals surface area contributed by atoms with Gasteiger partial charge < -0.3 is 5.73 Å². The van der Waals surface area contributed by atoms with Crippen molar-refractivity contribution in [1.29, 1.82) is 0 Å². The summed E-state index contributed by atoms with van der Waals surface area (Å²) in [6.45, 7) is 0. The molecule has 2 heterocycles. The van der Waals surface area contributed by atoms with Crippen molar-refractivity contribution < 1.29 is 13.2 Å². The molecule has 0 aliphatic heterocycles. The topological polar surface area (TPSA) is 82.5 Å². The Morgan fingerprint density at radius 2 is 2.06 bits per heavy atom. The molecule has 2 aromatic heterocycles. The van der Waals surface area contributed by atoms with E-state index < -0.39 is 11.7 Å². The highest BCUT2D eigenvalue weighted by molar-refractivity contribution is 7.99. The highest BCUT2D eigenvalue weighted by Crippen LogP contribution is 2.33. The van der Waals surface area contributed by atoms with E-state index in [2.05, 4.69) is 20.5 Å². The van der Waals surface area contributed by atoms with Gasteiger partial charge in [0.05, 0.1) is 5.56 Å². The Morgan fingerprint density at radius 3 is 2.61 bits per heavy atom. The summed E-state index contributed by atoms with van der Waals surface area (Å²) in [7, 11) is 1.57. The molecule has 0 amide bonds. The zero-order valence-corrected chi connectivity index (χ0v) is 9.83. The highest BCUT2D eigenvalue weighted by atomic mass is 32.2. The monoisotopic (exact) mass is 276 g/mol. The third-order valence-corrected chi connectivity index (χ3v) is 2.87. The van der Waals surface area contributed by atoms with Gasteiger partial charge in [0.2, 0.25) is 5.16 Å². The molecule has 0 atom stereocenters. The van der Waals surface area contributed by atoms with Gasteiger partial charge in [0.1, 0.15) is 10.8 Å². The number of nitrogens with zero attached hydrogens (tertiary/aromatic N) is 5. The molecule has 0 saturated heterocycles. The first-order chi connectivity index (χ1) is 8.36. The molecular weight excluding hydrogens is 269 g/mol. The fraction of sp³-hybridized carbons (Fsp3) is 0.250. The summed E-state index contributed by atoms with van der Waals surface area (Å²) < 4.78 is 39.0. The average molecular weight is 276 g/mol. The number of alkyl halides is 3. The van der Waals surface area contributed by atoms with Gasteiger partial charge in [0, 0.05) is 7.05 Å². The summed E-state index contributed by atoms with van der Waals surface area (Å²) in [5.41, 5.74) is 4.49. The maximum atomic E-state index is 12.6. The smallest absolute Gasteiger partial charge is 0.384 e. The number of halogens is 3. The number of rotatable bonds is 2. The van der Waals surface area contributed by atoms with Crippen LogP contribution in [0.5, 0.6) is 0 Å². The summed E-state index contributed by atoms with van der Waals surface area (Å²) in [6.07, 6.45) is -4.47. The van der Waals surface area contributed by atoms with Crippen molar-refractivity contribution in [2.24, 2.45) is 7.05 Å². The van der Waals surface area contributed by atoms with Gasteiger partial charge in [-0.15, -0.1) is 5.10 Å². The van der Waals surface area contributed by atoms with E-state index in [1.54, 1.807) is 7.05 Å². The van der Waals surface area contributed by atoms with Crippen LogP contribution in [0.1, 0.15) is 5.56 Å². The van der Waals surface area contributed by atoms with Crippen molar-refractivity contribution in [2.75, 3.05) is 5.73 Å². The van der Waals surface area contributed by atoms with E-state index in [0.29, 0.717) is 5.16 Å². The van der Waals surface area contributed by atoms with Crippen molar-refractivity contribution in [3.63, 3.8) is 0 Å². The Hall–Kier alpha value is -1.84. The first kappa shape index (κ1) is 12.6. The van der Waals surface area contributed by atoms with Gasteiger partial charge in [-0.1, -0.05) is 0 Å². The van der Waals surface area contributed by atoms with Crippen LogP contribution < -0.4 is 5.73 Å². The molecule has 0 fully saturated rings. The van der Waals surface area contributed by atoms with Crippen molar-refractivity contribution in [1.82, 2.24) is 25.2 Å². The molecule has 0 saturated carbocycles. The number of tetrazole rings is 1. The summed E-state index contributed by atoms with van der Waals surface area (Å²) in [6, 6.07) is 1.68. The lowest BCUT2D eigenvalue weighted by Gasteiger charge is -2.08. The second kappa shape index (κ2) is 4.44. The minimum Gasteiger partial charge on any atom is -0.384 e. The Labute approximate surface area is 103 Å². The summed E-state index contributed by atoms with van der Waals surface area (Å²) in [5.74, 6) is -0.206. The van der Waals surface area contributed by atoms with Gasteiger partial charge >= 0.3 is 6.18 Å². The molecule has 0 aliphatic rings. The molecule has 2 rings (SSSR count). The van der Waals surface area contributed by atoms with Crippen LogP contribution in [0.15, 0.2) is 22.3 Å². The maximum absolute atomic E-state index is 12.6. The standard InChI is InChI=1S/C8H7F3N6S/c1-17-7(14-15-16-17)18-6-3-4(8(9,10)11)2-5(12)13-6/h2-3H,1H3,(H2,12,13). The Morgan fingerprint density at radius 1 is 1.33 bits per heavy atom. The number of aryl methyl sites for hydroxylation is 1. The number of aromatic nitrogens is 5. The largest absolute Gasteiger partial charge is 0.416 e. The first-order valence-corrected chi connectivity index (χ1v) is 5.43. The van der Waals surface area contributed by atoms with Crippen molar-refractivity contribution in [3.8, 4) is 0 Å². The van der Waals surface area contributed by atoms with Gasteiger partial charge in [-0.3, -0.25) is 0 Å². The molecule has 2 N–H and O–H groups in total. The van der Waals surface area contributed by atoms with Crippen molar-refractivity contribution in [2.45, 2.75) is 16.4 Å². The zero-order chi connectivity index (χ0) is 13.3. The Bertz CT molecular complexity index is 566. The lowest BCUT2D eigenvalue weighted by atomic mass is 10.2. The predicted octanol–water partition coefficient (Wildman–Crippen LogP) is 1.36. The van der Waals surface area contributed by atoms with Crippen LogP contribution in [-0.4, -0.2) is 25.2 Å². The number of hydrogen-bond acceptors (Lipinski definition) is 6. The molecule has 0 spiro atoms. The first-order valence-electron chi connectivity index (χ1n) is 4.61. The minimum absolute atomic E-state index is 0.0835. The van der Waals surface area contributed by atoms with E-state index in [9.17, 15) is 13.2 Å². The third kappa shape index (κ3) is 2.70. The van der Waals surface area contributed by atoms with E-state index in [1.807, 2.05) is 0 Å². The zero-order valence-electron chi connectivity index (χ0n) is 9.01. The number of hydrogen-bond donors (Lipinski definition) is 1. The van der Waals surface area contributed by atoms with Crippen LogP contribution in [0.3, 0.4) is 0 Å². The fourth-order valence-electron chi connectivity index (χ4n) is 1.14. The van der Waals surface area contributed by atoms with E-state index >= 15 is 0 Å². The molecule has 18 heavy (non-hydrogen) atoms. The van der Waals surface area contributed by atoms with Crippen LogP contribution in [-0.2, 0) is 13.2 Å². The number of nitrogens with two attached hydrogens (primary N) is 1. The Kier molecular flexibility index (Phi) is 3.11. The second-order valence-corrected chi connectivity index (χ2v) is 4.29. The van der Waals surface area contributed by atoms with Crippen molar-refractivity contribution >= 4 is 17.6 Å². The SMILES string of the molecule is Cn1nnnc1Sc1cc(C(F)(F)F)cc(N)n1. The van der Waals surface area contributed by atoms with Crippen LogP contribution >= 0.6 is 11.8 Å². The van der Waals surface area contributed by atoms with Crippen molar-refractivity contribution in [3.05, 3.63) is 17.7 Å². The Balaban J connectivity index is 2.35. The average Bonchev–Trinajstić information content (AvgIpc) is 2.62. The molecular formula is C8H7F3N6S.